The third kappa shape index (κ3) is 3.26. The number of nitrogens with zero attached hydrogens (tertiary/aromatic N) is 2. The molecular formula is C14H20FN3O2. The molecule has 1 aliphatic heterocycles. The second kappa shape index (κ2) is 6.67. The van der Waals surface area contributed by atoms with Crippen LogP contribution in [0.15, 0.2) is 23.4 Å². The number of ether oxygens (including phenoxy) is 1. The van der Waals surface area contributed by atoms with Crippen LogP contribution in [0.2, 0.25) is 0 Å². The molecule has 0 saturated carbocycles. The molecule has 1 aromatic rings. The predicted octanol–water partition coefficient (Wildman–Crippen LogP) is 1.53. The monoisotopic (exact) mass is 281 g/mol. The Bertz CT molecular complexity index is 493. The Kier molecular flexibility index (Phi) is 4.92. The molecule has 0 aliphatic carbocycles. The van der Waals surface area contributed by atoms with Crippen molar-refractivity contribution in [3.63, 3.8) is 0 Å². The standard InChI is InChI=1S/C14H20FN3O2/c1-2-12-9-20-6-5-18(12)8-10-3-4-11(15)7-13(10)14(16)17-19/h3-4,7,12,19H,2,5-6,8-9H2,1H3,(H2,16,17). The van der Waals surface area contributed by atoms with Crippen molar-refractivity contribution in [2.45, 2.75) is 25.9 Å². The Balaban J connectivity index is 2.24. The summed E-state index contributed by atoms with van der Waals surface area (Å²) in [6.07, 6.45) is 0.986. The lowest BCUT2D eigenvalue weighted by atomic mass is 10.0. The summed E-state index contributed by atoms with van der Waals surface area (Å²) in [6, 6.07) is 4.72. The van der Waals surface area contributed by atoms with E-state index in [9.17, 15) is 4.39 Å². The number of amidine groups is 1. The van der Waals surface area contributed by atoms with Crippen LogP contribution in [0.3, 0.4) is 0 Å². The van der Waals surface area contributed by atoms with Gasteiger partial charge in [0.2, 0.25) is 0 Å². The third-order valence-electron chi connectivity index (χ3n) is 3.65. The fourth-order valence-electron chi connectivity index (χ4n) is 2.47. The van der Waals surface area contributed by atoms with Gasteiger partial charge >= 0.3 is 0 Å². The Hall–Kier alpha value is -1.66. The maximum Gasteiger partial charge on any atom is 0.170 e. The number of benzene rings is 1. The summed E-state index contributed by atoms with van der Waals surface area (Å²) in [4.78, 5) is 2.28. The highest BCUT2D eigenvalue weighted by atomic mass is 19.1. The van der Waals surface area contributed by atoms with Crippen LogP contribution in [0.4, 0.5) is 4.39 Å². The largest absolute Gasteiger partial charge is 0.409 e. The Labute approximate surface area is 117 Å². The summed E-state index contributed by atoms with van der Waals surface area (Å²) in [5.41, 5.74) is 6.91. The van der Waals surface area contributed by atoms with Crippen LogP contribution in [-0.4, -0.2) is 41.7 Å². The number of rotatable bonds is 4. The molecule has 2 rings (SSSR count). The molecule has 1 aromatic carbocycles. The van der Waals surface area contributed by atoms with Crippen molar-refractivity contribution in [3.05, 3.63) is 35.1 Å². The molecule has 110 valence electrons. The molecule has 1 unspecified atom stereocenters. The molecule has 3 N–H and O–H groups in total. The van der Waals surface area contributed by atoms with Gasteiger partial charge in [-0.2, -0.15) is 0 Å². The molecule has 20 heavy (non-hydrogen) atoms. The van der Waals surface area contributed by atoms with Crippen molar-refractivity contribution in [1.29, 1.82) is 0 Å². The number of hydrogen-bond acceptors (Lipinski definition) is 4. The van der Waals surface area contributed by atoms with Gasteiger partial charge in [0.05, 0.1) is 13.2 Å². The lowest BCUT2D eigenvalue weighted by Crippen LogP contribution is -2.44. The minimum Gasteiger partial charge on any atom is -0.409 e. The summed E-state index contributed by atoms with van der Waals surface area (Å²) in [7, 11) is 0. The van der Waals surface area contributed by atoms with Crippen molar-refractivity contribution in [1.82, 2.24) is 4.90 Å². The van der Waals surface area contributed by atoms with E-state index in [4.69, 9.17) is 15.7 Å². The van der Waals surface area contributed by atoms with Crippen molar-refractivity contribution >= 4 is 5.84 Å². The zero-order valence-corrected chi connectivity index (χ0v) is 11.6. The van der Waals surface area contributed by atoms with Gasteiger partial charge < -0.3 is 15.7 Å². The van der Waals surface area contributed by atoms with Crippen LogP contribution in [0.25, 0.3) is 0 Å². The van der Waals surface area contributed by atoms with E-state index in [1.54, 1.807) is 6.07 Å². The topological polar surface area (TPSA) is 71.1 Å². The average Bonchev–Trinajstić information content (AvgIpc) is 2.48. The summed E-state index contributed by atoms with van der Waals surface area (Å²) < 4.78 is 18.8. The van der Waals surface area contributed by atoms with Gasteiger partial charge in [-0.15, -0.1) is 0 Å². The van der Waals surface area contributed by atoms with Crippen molar-refractivity contribution in [2.24, 2.45) is 10.9 Å². The van der Waals surface area contributed by atoms with Gasteiger partial charge in [-0.3, -0.25) is 4.90 Å². The van der Waals surface area contributed by atoms with Crippen LogP contribution in [0, 0.1) is 5.82 Å². The lowest BCUT2D eigenvalue weighted by Gasteiger charge is -2.35. The van der Waals surface area contributed by atoms with E-state index < -0.39 is 5.82 Å². The first-order valence-corrected chi connectivity index (χ1v) is 6.73. The fraction of sp³-hybridized carbons (Fsp3) is 0.500. The quantitative estimate of drug-likeness (QED) is 0.380. The fourth-order valence-corrected chi connectivity index (χ4v) is 2.47. The minimum atomic E-state index is -0.399. The van der Waals surface area contributed by atoms with Crippen molar-refractivity contribution in [3.8, 4) is 0 Å². The van der Waals surface area contributed by atoms with Gasteiger partial charge in [0.15, 0.2) is 5.84 Å². The molecule has 1 aliphatic rings. The number of hydrogen-bond donors (Lipinski definition) is 2. The number of nitrogens with two attached hydrogens (primary N) is 1. The lowest BCUT2D eigenvalue weighted by molar-refractivity contribution is -0.0127. The molecule has 0 amide bonds. The first-order chi connectivity index (χ1) is 9.65. The second-order valence-corrected chi connectivity index (χ2v) is 4.89. The number of halogens is 1. The highest BCUT2D eigenvalue weighted by Crippen LogP contribution is 2.18. The van der Waals surface area contributed by atoms with Crippen molar-refractivity contribution in [2.75, 3.05) is 19.8 Å². The molecule has 1 atom stereocenters. The van der Waals surface area contributed by atoms with Gasteiger partial charge in [0, 0.05) is 24.7 Å². The maximum atomic E-state index is 13.3. The first-order valence-electron chi connectivity index (χ1n) is 6.73. The van der Waals surface area contributed by atoms with Gasteiger partial charge in [-0.1, -0.05) is 18.1 Å². The van der Waals surface area contributed by atoms with Crippen LogP contribution in [0.5, 0.6) is 0 Å². The summed E-state index contributed by atoms with van der Waals surface area (Å²) in [5, 5.41) is 11.8. The Morgan fingerprint density at radius 3 is 3.10 bits per heavy atom. The SMILES string of the molecule is CCC1COCCN1Cc1ccc(F)cc1C(N)=NO. The van der Waals surface area contributed by atoms with E-state index in [-0.39, 0.29) is 5.84 Å². The smallest absolute Gasteiger partial charge is 0.170 e. The summed E-state index contributed by atoms with van der Waals surface area (Å²) in [6.45, 7) is 4.97. The van der Waals surface area contributed by atoms with Gasteiger partial charge in [0.25, 0.3) is 0 Å². The van der Waals surface area contributed by atoms with Crippen LogP contribution >= 0.6 is 0 Å². The van der Waals surface area contributed by atoms with Gasteiger partial charge in [-0.05, 0) is 24.1 Å². The molecule has 6 heteroatoms. The van der Waals surface area contributed by atoms with Crippen LogP contribution < -0.4 is 5.73 Å². The molecular weight excluding hydrogens is 261 g/mol. The van der Waals surface area contributed by atoms with E-state index in [1.165, 1.54) is 12.1 Å². The average molecular weight is 281 g/mol. The molecule has 0 aromatic heterocycles. The van der Waals surface area contributed by atoms with Crippen LogP contribution in [-0.2, 0) is 11.3 Å². The minimum absolute atomic E-state index is 0.0687. The van der Waals surface area contributed by atoms with Gasteiger partial charge in [0.1, 0.15) is 5.82 Å². The van der Waals surface area contributed by atoms with Crippen molar-refractivity contribution < 1.29 is 14.3 Å². The number of morpholine rings is 1. The number of oxime groups is 1. The predicted molar refractivity (Wildman–Crippen MR) is 74.2 cm³/mol. The second-order valence-electron chi connectivity index (χ2n) is 4.89. The highest BCUT2D eigenvalue weighted by molar-refractivity contribution is 5.98. The van der Waals surface area contributed by atoms with E-state index in [0.717, 1.165) is 18.5 Å². The molecule has 1 heterocycles. The first kappa shape index (κ1) is 14.7. The van der Waals surface area contributed by atoms with Crippen LogP contribution in [0.1, 0.15) is 24.5 Å². The molecule has 0 spiro atoms. The highest BCUT2D eigenvalue weighted by Gasteiger charge is 2.22. The Morgan fingerprint density at radius 2 is 2.40 bits per heavy atom. The zero-order valence-electron chi connectivity index (χ0n) is 11.6. The summed E-state index contributed by atoms with van der Waals surface area (Å²) in [5.74, 6) is -0.467. The molecule has 0 radical (unpaired) electrons. The summed E-state index contributed by atoms with van der Waals surface area (Å²) >= 11 is 0. The van der Waals surface area contributed by atoms with E-state index in [1.807, 2.05) is 0 Å². The normalized spacial score (nSPS) is 21.1. The zero-order chi connectivity index (χ0) is 14.5. The molecule has 0 bridgehead atoms. The molecule has 1 saturated heterocycles. The van der Waals surface area contributed by atoms with E-state index in [2.05, 4.69) is 17.0 Å². The van der Waals surface area contributed by atoms with E-state index >= 15 is 0 Å². The van der Waals surface area contributed by atoms with Gasteiger partial charge in [-0.25, -0.2) is 4.39 Å². The Morgan fingerprint density at radius 1 is 1.60 bits per heavy atom. The maximum absolute atomic E-state index is 13.3. The molecule has 1 fully saturated rings. The molecule has 5 nitrogen and oxygen atoms in total. The third-order valence-corrected chi connectivity index (χ3v) is 3.65. The van der Waals surface area contributed by atoms with E-state index in [0.29, 0.717) is 31.4 Å².